The van der Waals surface area contributed by atoms with Crippen LogP contribution in [0.5, 0.6) is 17.4 Å². The number of hydrogen-bond acceptors (Lipinski definition) is 5. The van der Waals surface area contributed by atoms with E-state index in [1.807, 2.05) is 79.9 Å². The maximum atomic E-state index is 14.1. The van der Waals surface area contributed by atoms with E-state index in [0.29, 0.717) is 40.6 Å². The predicted octanol–water partition coefficient (Wildman–Crippen LogP) is 5.27. The number of hydrogen-bond donors (Lipinski definition) is 1. The number of rotatable bonds is 6. The Hall–Kier alpha value is -4.53. The van der Waals surface area contributed by atoms with Crippen molar-refractivity contribution in [2.45, 2.75) is 20.8 Å². The smallest absolute Gasteiger partial charge is 0.407 e. The number of piperazine rings is 1. The van der Waals surface area contributed by atoms with Crippen LogP contribution in [0.15, 0.2) is 60.8 Å². The quantitative estimate of drug-likeness (QED) is 0.377. The third kappa shape index (κ3) is 4.63. The number of carboxylic acid groups (broad SMARTS) is 1. The Morgan fingerprint density at radius 3 is 2.24 bits per heavy atom. The van der Waals surface area contributed by atoms with Gasteiger partial charge in [0.2, 0.25) is 5.88 Å². The molecule has 0 saturated carbocycles. The molecule has 0 bridgehead atoms. The lowest BCUT2D eigenvalue weighted by molar-refractivity contribution is 0.0623. The van der Waals surface area contributed by atoms with Crippen LogP contribution in [-0.2, 0) is 0 Å². The van der Waals surface area contributed by atoms with Gasteiger partial charge >= 0.3 is 6.09 Å². The minimum Gasteiger partial charge on any atom is -0.492 e. The van der Waals surface area contributed by atoms with Crippen molar-refractivity contribution in [3.05, 3.63) is 77.5 Å². The van der Waals surface area contributed by atoms with Crippen molar-refractivity contribution in [3.8, 4) is 23.1 Å². The molecule has 0 unspecified atom stereocenters. The molecule has 9 heteroatoms. The van der Waals surface area contributed by atoms with Gasteiger partial charge in [-0.2, -0.15) is 0 Å². The fourth-order valence-electron chi connectivity index (χ4n) is 4.80. The zero-order valence-corrected chi connectivity index (χ0v) is 21.7. The molecule has 1 aliphatic rings. The lowest BCUT2D eigenvalue weighted by atomic mass is 10.1. The number of nitrogens with zero attached hydrogens (tertiary/aromatic N) is 4. The van der Waals surface area contributed by atoms with Gasteiger partial charge in [-0.1, -0.05) is 36.4 Å². The highest BCUT2D eigenvalue weighted by Gasteiger charge is 2.33. The Labute approximate surface area is 220 Å². The molecule has 2 aromatic carbocycles. The first kappa shape index (κ1) is 25.1. The van der Waals surface area contributed by atoms with Gasteiger partial charge in [-0.25, -0.2) is 9.78 Å². The number of carbonyl (C=O) groups excluding carboxylic acids is 1. The number of carbonyl (C=O) groups is 2. The first-order valence-corrected chi connectivity index (χ1v) is 12.6. The average molecular weight is 515 g/mol. The standard InChI is InChI=1S/C29H30N4O5/c1-4-37-22-17-23-25(30-18-22)24(27(34)31-13-15-32(16-14-31)29(35)36)28(33(23)21-11-6-5-7-12-21)38-26-19(2)9-8-10-20(26)3/h5-12,17-18H,4,13-16H2,1-3H3,(H,35,36). The molecule has 0 aliphatic carbocycles. The Kier molecular flexibility index (Phi) is 6.91. The number of para-hydroxylation sites is 2. The summed E-state index contributed by atoms with van der Waals surface area (Å²) in [5.74, 6) is 1.35. The third-order valence-electron chi connectivity index (χ3n) is 6.72. The summed E-state index contributed by atoms with van der Waals surface area (Å²) in [6.45, 7) is 7.37. The van der Waals surface area contributed by atoms with E-state index in [4.69, 9.17) is 9.47 Å². The SMILES string of the molecule is CCOc1cnc2c(C(=O)N3CCN(C(=O)O)CC3)c(Oc3c(C)cccc3C)n(-c3ccccc3)c2c1. The van der Waals surface area contributed by atoms with E-state index in [-0.39, 0.29) is 32.1 Å². The average Bonchev–Trinajstić information content (AvgIpc) is 3.24. The summed E-state index contributed by atoms with van der Waals surface area (Å²) in [4.78, 5) is 33.2. The lowest BCUT2D eigenvalue weighted by Crippen LogP contribution is -2.50. The molecule has 2 amide bonds. The molecule has 2 aromatic heterocycles. The maximum Gasteiger partial charge on any atom is 0.407 e. The van der Waals surface area contributed by atoms with Crippen LogP contribution >= 0.6 is 0 Å². The number of aromatic nitrogens is 2. The van der Waals surface area contributed by atoms with Crippen LogP contribution in [0.3, 0.4) is 0 Å². The zero-order valence-electron chi connectivity index (χ0n) is 21.7. The fraction of sp³-hybridized carbons (Fsp3) is 0.276. The second-order valence-electron chi connectivity index (χ2n) is 9.21. The molecular formula is C29H30N4O5. The van der Waals surface area contributed by atoms with E-state index < -0.39 is 6.09 Å². The molecule has 0 radical (unpaired) electrons. The van der Waals surface area contributed by atoms with Crippen molar-refractivity contribution >= 4 is 23.0 Å². The summed E-state index contributed by atoms with van der Waals surface area (Å²) in [6, 6.07) is 17.5. The molecule has 1 fully saturated rings. The first-order chi connectivity index (χ1) is 18.4. The lowest BCUT2D eigenvalue weighted by Gasteiger charge is -2.33. The number of ether oxygens (including phenoxy) is 2. The van der Waals surface area contributed by atoms with Gasteiger partial charge in [-0.05, 0) is 44.0 Å². The van der Waals surface area contributed by atoms with Crippen LogP contribution in [0.2, 0.25) is 0 Å². The molecule has 4 aromatic rings. The number of benzene rings is 2. The predicted molar refractivity (Wildman–Crippen MR) is 144 cm³/mol. The van der Waals surface area contributed by atoms with Crippen LogP contribution in [0.25, 0.3) is 16.7 Å². The van der Waals surface area contributed by atoms with Gasteiger partial charge in [0, 0.05) is 37.9 Å². The minimum absolute atomic E-state index is 0.243. The van der Waals surface area contributed by atoms with Crippen molar-refractivity contribution in [2.75, 3.05) is 32.8 Å². The van der Waals surface area contributed by atoms with Crippen molar-refractivity contribution in [3.63, 3.8) is 0 Å². The highest BCUT2D eigenvalue weighted by atomic mass is 16.5. The number of aryl methyl sites for hydroxylation is 2. The summed E-state index contributed by atoms with van der Waals surface area (Å²) in [5, 5.41) is 9.36. The summed E-state index contributed by atoms with van der Waals surface area (Å²) >= 11 is 0. The van der Waals surface area contributed by atoms with Crippen LogP contribution in [0.1, 0.15) is 28.4 Å². The Morgan fingerprint density at radius 2 is 1.61 bits per heavy atom. The maximum absolute atomic E-state index is 14.1. The van der Waals surface area contributed by atoms with Crippen LogP contribution in [0, 0.1) is 13.8 Å². The van der Waals surface area contributed by atoms with Gasteiger partial charge in [0.15, 0.2) is 0 Å². The first-order valence-electron chi connectivity index (χ1n) is 12.6. The Morgan fingerprint density at radius 1 is 0.947 bits per heavy atom. The summed E-state index contributed by atoms with van der Waals surface area (Å²) in [7, 11) is 0. The molecule has 1 saturated heterocycles. The second kappa shape index (κ2) is 10.5. The van der Waals surface area contributed by atoms with Gasteiger partial charge in [-0.3, -0.25) is 9.36 Å². The normalized spacial score (nSPS) is 13.6. The largest absolute Gasteiger partial charge is 0.492 e. The van der Waals surface area contributed by atoms with Gasteiger partial charge < -0.3 is 24.4 Å². The molecule has 38 heavy (non-hydrogen) atoms. The van der Waals surface area contributed by atoms with Crippen LogP contribution in [0.4, 0.5) is 4.79 Å². The highest BCUT2D eigenvalue weighted by molar-refractivity contribution is 6.09. The molecule has 5 rings (SSSR count). The van der Waals surface area contributed by atoms with E-state index in [0.717, 1.165) is 16.8 Å². The molecule has 1 N–H and O–H groups in total. The Bertz CT molecular complexity index is 1470. The monoisotopic (exact) mass is 514 g/mol. The van der Waals surface area contributed by atoms with E-state index >= 15 is 0 Å². The number of amides is 2. The molecule has 3 heterocycles. The summed E-state index contributed by atoms with van der Waals surface area (Å²) in [6.07, 6.45) is 0.630. The molecule has 0 spiro atoms. The van der Waals surface area contributed by atoms with E-state index in [1.165, 1.54) is 4.90 Å². The van der Waals surface area contributed by atoms with Crippen molar-refractivity contribution in [2.24, 2.45) is 0 Å². The number of pyridine rings is 1. The topological polar surface area (TPSA) is 97.1 Å². The number of fused-ring (bicyclic) bond motifs is 1. The van der Waals surface area contributed by atoms with Gasteiger partial charge in [-0.15, -0.1) is 0 Å². The molecular weight excluding hydrogens is 484 g/mol. The zero-order chi connectivity index (χ0) is 26.8. The summed E-state index contributed by atoms with van der Waals surface area (Å²) in [5.41, 5.74) is 4.18. The van der Waals surface area contributed by atoms with E-state index in [1.54, 1.807) is 11.1 Å². The van der Waals surface area contributed by atoms with Crippen LogP contribution in [-0.4, -0.2) is 69.2 Å². The molecule has 196 valence electrons. The Balaban J connectivity index is 1.73. The van der Waals surface area contributed by atoms with Gasteiger partial charge in [0.05, 0.1) is 18.3 Å². The van der Waals surface area contributed by atoms with Gasteiger partial charge in [0.25, 0.3) is 5.91 Å². The second-order valence-corrected chi connectivity index (χ2v) is 9.21. The van der Waals surface area contributed by atoms with Crippen molar-refractivity contribution in [1.82, 2.24) is 19.4 Å². The van der Waals surface area contributed by atoms with Crippen molar-refractivity contribution in [1.29, 1.82) is 0 Å². The van der Waals surface area contributed by atoms with Gasteiger partial charge in [0.1, 0.15) is 22.6 Å². The third-order valence-corrected chi connectivity index (χ3v) is 6.72. The van der Waals surface area contributed by atoms with E-state index in [2.05, 4.69) is 4.98 Å². The molecule has 0 atom stereocenters. The highest BCUT2D eigenvalue weighted by Crippen LogP contribution is 2.40. The minimum atomic E-state index is -0.984. The summed E-state index contributed by atoms with van der Waals surface area (Å²) < 4.78 is 14.3. The van der Waals surface area contributed by atoms with Crippen LogP contribution < -0.4 is 9.47 Å². The van der Waals surface area contributed by atoms with E-state index in [9.17, 15) is 14.7 Å². The fourth-order valence-corrected chi connectivity index (χ4v) is 4.80. The molecule has 9 nitrogen and oxygen atoms in total. The molecule has 1 aliphatic heterocycles. The van der Waals surface area contributed by atoms with Crippen molar-refractivity contribution < 1.29 is 24.2 Å².